The van der Waals surface area contributed by atoms with E-state index < -0.39 is 40.6 Å². The molecule has 1 aliphatic heterocycles. The van der Waals surface area contributed by atoms with Crippen molar-refractivity contribution >= 4 is 34.2 Å². The van der Waals surface area contributed by atoms with E-state index >= 15 is 0 Å². The molecule has 1 saturated heterocycles. The molecule has 0 bridgehead atoms. The van der Waals surface area contributed by atoms with Crippen molar-refractivity contribution in [1.82, 2.24) is 9.88 Å². The Morgan fingerprint density at radius 1 is 1.21 bits per heavy atom. The highest BCUT2D eigenvalue weighted by Gasteiger charge is 2.41. The first-order valence-corrected chi connectivity index (χ1v) is 12.7. The predicted octanol–water partition coefficient (Wildman–Crippen LogP) is 5.41. The fourth-order valence-electron chi connectivity index (χ4n) is 5.02. The van der Waals surface area contributed by atoms with Crippen LogP contribution >= 0.6 is 11.6 Å². The lowest BCUT2D eigenvalue weighted by Crippen LogP contribution is -2.45. The number of anilines is 1. The summed E-state index contributed by atoms with van der Waals surface area (Å²) in [5.41, 5.74) is -0.288. The Hall–Kier alpha value is -3.08. The van der Waals surface area contributed by atoms with Crippen LogP contribution in [0.2, 0.25) is 5.02 Å². The van der Waals surface area contributed by atoms with Gasteiger partial charge >= 0.3 is 5.97 Å². The van der Waals surface area contributed by atoms with Gasteiger partial charge in [0, 0.05) is 42.4 Å². The Morgan fingerprint density at radius 2 is 1.89 bits per heavy atom. The lowest BCUT2D eigenvalue weighted by atomic mass is 9.74. The zero-order valence-electron chi connectivity index (χ0n) is 20.8. The van der Waals surface area contributed by atoms with Crippen molar-refractivity contribution in [2.45, 2.75) is 31.8 Å². The number of rotatable bonds is 10. The van der Waals surface area contributed by atoms with Crippen molar-refractivity contribution in [3.8, 4) is 5.75 Å². The van der Waals surface area contributed by atoms with Crippen LogP contribution in [0, 0.1) is 22.9 Å². The third-order valence-electron chi connectivity index (χ3n) is 7.30. The molecule has 1 atom stereocenters. The largest absolute Gasteiger partial charge is 0.497 e. The summed E-state index contributed by atoms with van der Waals surface area (Å²) in [6, 6.07) is 6.49. The van der Waals surface area contributed by atoms with Crippen LogP contribution in [0.4, 0.5) is 18.9 Å². The molecule has 1 fully saturated rings. The summed E-state index contributed by atoms with van der Waals surface area (Å²) < 4.78 is 46.0. The van der Waals surface area contributed by atoms with Gasteiger partial charge in [-0.05, 0) is 57.0 Å². The second kappa shape index (κ2) is 11.8. The van der Waals surface area contributed by atoms with Gasteiger partial charge < -0.3 is 25.2 Å². The quantitative estimate of drug-likeness (QED) is 0.310. The second-order valence-corrected chi connectivity index (χ2v) is 9.96. The van der Waals surface area contributed by atoms with Gasteiger partial charge in [0.1, 0.15) is 17.3 Å². The number of benzene rings is 2. The number of likely N-dealkylation sites (tertiary alicyclic amines) is 1. The van der Waals surface area contributed by atoms with E-state index in [4.69, 9.17) is 16.3 Å². The van der Waals surface area contributed by atoms with Crippen LogP contribution in [0.25, 0.3) is 10.9 Å². The van der Waals surface area contributed by atoms with E-state index in [0.29, 0.717) is 71.8 Å². The summed E-state index contributed by atoms with van der Waals surface area (Å²) in [4.78, 5) is 18.6. The number of aromatic nitrogens is 1. The fraction of sp³-hybridized carbons (Fsp3) is 0.407. The number of carboxylic acids is 1. The molecule has 38 heavy (non-hydrogen) atoms. The van der Waals surface area contributed by atoms with Crippen molar-refractivity contribution in [3.63, 3.8) is 0 Å². The van der Waals surface area contributed by atoms with Crippen LogP contribution in [0.15, 0.2) is 36.5 Å². The number of hydrogen-bond donors (Lipinski definition) is 3. The number of aliphatic hydroxyl groups excluding tert-OH is 1. The maximum Gasteiger partial charge on any atom is 0.309 e. The van der Waals surface area contributed by atoms with E-state index in [1.165, 1.54) is 13.3 Å². The molecule has 0 saturated carbocycles. The van der Waals surface area contributed by atoms with E-state index in [1.54, 1.807) is 18.2 Å². The molecule has 4 rings (SSSR count). The van der Waals surface area contributed by atoms with Crippen molar-refractivity contribution in [1.29, 1.82) is 0 Å². The number of aliphatic hydroxyl groups is 1. The molecule has 0 aliphatic carbocycles. The minimum Gasteiger partial charge on any atom is -0.497 e. The van der Waals surface area contributed by atoms with Gasteiger partial charge in [0.15, 0.2) is 11.6 Å². The fourth-order valence-corrected chi connectivity index (χ4v) is 5.29. The highest BCUT2D eigenvalue weighted by molar-refractivity contribution is 6.32. The molecule has 0 amide bonds. The topological polar surface area (TPSA) is 94.9 Å². The first-order chi connectivity index (χ1) is 18.1. The number of ether oxygens (including phenoxy) is 1. The van der Waals surface area contributed by atoms with Gasteiger partial charge in [-0.3, -0.25) is 9.78 Å². The number of fused-ring (bicyclic) bond motifs is 1. The van der Waals surface area contributed by atoms with Crippen molar-refractivity contribution in [3.05, 3.63) is 64.6 Å². The van der Waals surface area contributed by atoms with Gasteiger partial charge in [-0.1, -0.05) is 11.6 Å². The van der Waals surface area contributed by atoms with Crippen LogP contribution in [-0.2, 0) is 4.79 Å². The maximum absolute atomic E-state index is 13.8. The first kappa shape index (κ1) is 27.9. The lowest BCUT2D eigenvalue weighted by molar-refractivity contribution is -0.153. The zero-order chi connectivity index (χ0) is 27.4. The summed E-state index contributed by atoms with van der Waals surface area (Å²) in [5.74, 6) is -3.35. The van der Waals surface area contributed by atoms with Crippen LogP contribution in [0.5, 0.6) is 5.75 Å². The summed E-state index contributed by atoms with van der Waals surface area (Å²) in [5, 5.41) is 24.7. The molecule has 1 aromatic heterocycles. The van der Waals surface area contributed by atoms with E-state index in [1.807, 2.05) is 4.90 Å². The van der Waals surface area contributed by atoms with E-state index in [0.717, 1.165) is 0 Å². The van der Waals surface area contributed by atoms with Crippen molar-refractivity contribution in [2.75, 3.05) is 38.6 Å². The Balaban J connectivity index is 1.37. The smallest absolute Gasteiger partial charge is 0.309 e. The standard InChI is InChI=1S/C27H29ClF3N3O4/c1-38-17-2-3-22-18(14-17)24(19(28)15-33-22)23(35)4-5-27(26(36)37)6-9-34(10-7-27)11-8-32-25-20(30)12-16(29)13-21(25)31/h2-3,12-15,23,32,35H,4-11H2,1H3,(H,36,37)/t23-/m1/s1. The number of carbonyl (C=O) groups is 1. The number of pyridine rings is 1. The van der Waals surface area contributed by atoms with Gasteiger partial charge in [0.25, 0.3) is 0 Å². The molecule has 0 radical (unpaired) electrons. The van der Waals surface area contributed by atoms with Crippen molar-refractivity contribution in [2.24, 2.45) is 5.41 Å². The number of halogens is 4. The zero-order valence-corrected chi connectivity index (χ0v) is 21.6. The number of nitrogens with one attached hydrogen (secondary N) is 1. The monoisotopic (exact) mass is 551 g/mol. The number of nitrogens with zero attached hydrogens (tertiary/aromatic N) is 2. The lowest BCUT2D eigenvalue weighted by Gasteiger charge is -2.39. The number of carboxylic acid groups (broad SMARTS) is 1. The molecular weight excluding hydrogens is 523 g/mol. The minimum absolute atomic E-state index is 0.188. The normalized spacial score (nSPS) is 16.4. The minimum atomic E-state index is -1.02. The number of piperidine rings is 1. The molecule has 0 unspecified atom stereocenters. The Morgan fingerprint density at radius 3 is 2.53 bits per heavy atom. The number of methoxy groups -OCH3 is 1. The van der Waals surface area contributed by atoms with E-state index in [2.05, 4.69) is 10.3 Å². The molecule has 0 spiro atoms. The molecule has 204 valence electrons. The van der Waals surface area contributed by atoms with Gasteiger partial charge in [-0.2, -0.15) is 0 Å². The number of aliphatic carboxylic acids is 1. The van der Waals surface area contributed by atoms with Crippen LogP contribution in [0.1, 0.15) is 37.4 Å². The molecule has 2 heterocycles. The Kier molecular flexibility index (Phi) is 8.64. The Bertz CT molecular complexity index is 1300. The molecule has 2 aromatic carbocycles. The predicted molar refractivity (Wildman–Crippen MR) is 138 cm³/mol. The molecule has 1 aliphatic rings. The number of hydrogen-bond acceptors (Lipinski definition) is 6. The Labute approximate surface area is 223 Å². The maximum atomic E-state index is 13.8. The van der Waals surface area contributed by atoms with Gasteiger partial charge in [-0.25, -0.2) is 13.2 Å². The summed E-state index contributed by atoms with van der Waals surface area (Å²) >= 11 is 6.39. The third-order valence-corrected chi connectivity index (χ3v) is 7.60. The molecule has 3 aromatic rings. The second-order valence-electron chi connectivity index (χ2n) is 9.56. The van der Waals surface area contributed by atoms with Crippen LogP contribution in [-0.4, -0.2) is 59.4 Å². The summed E-state index contributed by atoms with van der Waals surface area (Å²) in [7, 11) is 1.54. The van der Waals surface area contributed by atoms with Crippen LogP contribution < -0.4 is 10.1 Å². The highest BCUT2D eigenvalue weighted by Crippen LogP contribution is 2.41. The molecule has 11 heteroatoms. The van der Waals surface area contributed by atoms with Gasteiger partial charge in [0.05, 0.1) is 29.2 Å². The average molecular weight is 552 g/mol. The van der Waals surface area contributed by atoms with Gasteiger partial charge in [-0.15, -0.1) is 0 Å². The summed E-state index contributed by atoms with van der Waals surface area (Å²) in [6.07, 6.45) is 1.61. The molecule has 3 N–H and O–H groups in total. The van der Waals surface area contributed by atoms with Gasteiger partial charge in [0.2, 0.25) is 0 Å². The van der Waals surface area contributed by atoms with E-state index in [-0.39, 0.29) is 19.4 Å². The third kappa shape index (κ3) is 5.98. The van der Waals surface area contributed by atoms with Crippen molar-refractivity contribution < 1.29 is 32.9 Å². The average Bonchev–Trinajstić information content (AvgIpc) is 2.89. The van der Waals surface area contributed by atoms with E-state index in [9.17, 15) is 28.2 Å². The summed E-state index contributed by atoms with van der Waals surface area (Å²) in [6.45, 7) is 1.56. The molecular formula is C27H29ClF3N3O4. The first-order valence-electron chi connectivity index (χ1n) is 12.3. The van der Waals surface area contributed by atoms with Crippen LogP contribution in [0.3, 0.4) is 0 Å². The highest BCUT2D eigenvalue weighted by atomic mass is 35.5. The SMILES string of the molecule is COc1ccc2ncc(Cl)c([C@H](O)CCC3(C(=O)O)CCN(CCNc4c(F)cc(F)cc4F)CC3)c2c1. The molecule has 7 nitrogen and oxygen atoms in total.